The Balaban J connectivity index is 2.42. The number of rotatable bonds is 8. The van der Waals surface area contributed by atoms with Crippen LogP contribution in [0.3, 0.4) is 0 Å². The lowest BCUT2D eigenvalue weighted by Gasteiger charge is -2.31. The molecule has 2 atom stereocenters. The SMILES string of the molecule is COC(=O)c1ccc(CN([C@@H](CO)[C@H](C)O)S(=O)(=O)c2ccc(Cl)cc2)cc1. The summed E-state index contributed by atoms with van der Waals surface area (Å²) in [6, 6.07) is 10.8. The molecule has 0 bridgehead atoms. The van der Waals surface area contributed by atoms with Crippen LogP contribution in [-0.2, 0) is 21.3 Å². The average molecular weight is 428 g/mol. The van der Waals surface area contributed by atoms with Crippen LogP contribution in [0.25, 0.3) is 0 Å². The lowest BCUT2D eigenvalue weighted by molar-refractivity contribution is 0.0600. The Morgan fingerprint density at radius 2 is 1.71 bits per heavy atom. The Hall–Kier alpha value is -1.97. The maximum absolute atomic E-state index is 13.2. The van der Waals surface area contributed by atoms with Gasteiger partial charge in [0.1, 0.15) is 0 Å². The van der Waals surface area contributed by atoms with Crippen LogP contribution in [0.4, 0.5) is 0 Å². The van der Waals surface area contributed by atoms with E-state index >= 15 is 0 Å². The number of carbonyl (C=O) groups excluding carboxylic acids is 1. The summed E-state index contributed by atoms with van der Waals surface area (Å²) in [5.41, 5.74) is 0.900. The molecular weight excluding hydrogens is 406 g/mol. The van der Waals surface area contributed by atoms with Gasteiger partial charge in [-0.3, -0.25) is 0 Å². The molecule has 0 radical (unpaired) electrons. The number of ether oxygens (including phenoxy) is 1. The maximum atomic E-state index is 13.2. The van der Waals surface area contributed by atoms with Crippen LogP contribution in [-0.4, -0.2) is 54.8 Å². The molecule has 0 aliphatic heterocycles. The van der Waals surface area contributed by atoms with E-state index in [-0.39, 0.29) is 11.4 Å². The van der Waals surface area contributed by atoms with E-state index in [1.807, 2.05) is 0 Å². The van der Waals surface area contributed by atoms with Crippen molar-refractivity contribution in [2.24, 2.45) is 0 Å². The second kappa shape index (κ2) is 9.49. The van der Waals surface area contributed by atoms with Crippen LogP contribution in [0.15, 0.2) is 53.4 Å². The fourth-order valence-corrected chi connectivity index (χ4v) is 4.45. The van der Waals surface area contributed by atoms with Crippen LogP contribution in [0.5, 0.6) is 0 Å². The van der Waals surface area contributed by atoms with Gasteiger partial charge in [0, 0.05) is 11.6 Å². The van der Waals surface area contributed by atoms with Gasteiger partial charge in [-0.2, -0.15) is 4.31 Å². The van der Waals surface area contributed by atoms with Crippen molar-refractivity contribution in [1.82, 2.24) is 4.31 Å². The molecule has 0 aromatic heterocycles. The highest BCUT2D eigenvalue weighted by Gasteiger charge is 2.34. The van der Waals surface area contributed by atoms with Gasteiger partial charge in [0.15, 0.2) is 0 Å². The zero-order valence-electron chi connectivity index (χ0n) is 15.4. The van der Waals surface area contributed by atoms with Crippen LogP contribution in [0.2, 0.25) is 5.02 Å². The molecule has 0 aliphatic rings. The Morgan fingerprint density at radius 1 is 1.14 bits per heavy atom. The molecule has 0 spiro atoms. The molecule has 0 unspecified atom stereocenters. The summed E-state index contributed by atoms with van der Waals surface area (Å²) >= 11 is 5.84. The van der Waals surface area contributed by atoms with E-state index in [9.17, 15) is 23.4 Å². The molecule has 2 aromatic carbocycles. The van der Waals surface area contributed by atoms with Crippen molar-refractivity contribution in [2.45, 2.75) is 30.5 Å². The number of carbonyl (C=O) groups is 1. The van der Waals surface area contributed by atoms with E-state index in [0.717, 1.165) is 4.31 Å². The predicted molar refractivity (Wildman–Crippen MR) is 105 cm³/mol. The first-order valence-corrected chi connectivity index (χ1v) is 10.3. The molecule has 0 amide bonds. The normalized spacial score (nSPS) is 13.9. The second-order valence-electron chi connectivity index (χ2n) is 6.18. The van der Waals surface area contributed by atoms with Gasteiger partial charge in [0.25, 0.3) is 0 Å². The first-order chi connectivity index (χ1) is 13.2. The lowest BCUT2D eigenvalue weighted by Crippen LogP contribution is -2.47. The third kappa shape index (κ3) is 5.09. The molecule has 0 saturated carbocycles. The average Bonchev–Trinajstić information content (AvgIpc) is 2.67. The molecule has 2 N–H and O–H groups in total. The van der Waals surface area contributed by atoms with Crippen molar-refractivity contribution in [1.29, 1.82) is 0 Å². The molecular formula is C19H22ClNO6S. The van der Waals surface area contributed by atoms with Crippen molar-refractivity contribution < 1.29 is 28.2 Å². The Bertz CT molecular complexity index is 897. The number of hydrogen-bond donors (Lipinski definition) is 2. The number of hydrogen-bond acceptors (Lipinski definition) is 6. The van der Waals surface area contributed by atoms with Gasteiger partial charge in [0.2, 0.25) is 10.0 Å². The summed E-state index contributed by atoms with van der Waals surface area (Å²) in [6.07, 6.45) is -1.11. The third-order valence-corrected chi connectivity index (χ3v) is 6.38. The fourth-order valence-electron chi connectivity index (χ4n) is 2.65. The number of halogens is 1. The third-order valence-electron chi connectivity index (χ3n) is 4.25. The molecule has 9 heteroatoms. The molecule has 152 valence electrons. The summed E-state index contributed by atoms with van der Waals surface area (Å²) < 4.78 is 32.0. The van der Waals surface area contributed by atoms with E-state index in [0.29, 0.717) is 16.1 Å². The number of sulfonamides is 1. The summed E-state index contributed by atoms with van der Waals surface area (Å²) in [5, 5.41) is 20.1. The van der Waals surface area contributed by atoms with Crippen LogP contribution >= 0.6 is 11.6 Å². The minimum Gasteiger partial charge on any atom is -0.465 e. The summed E-state index contributed by atoms with van der Waals surface area (Å²) in [4.78, 5) is 11.5. The summed E-state index contributed by atoms with van der Waals surface area (Å²) in [5.74, 6) is -0.505. The molecule has 0 fully saturated rings. The minimum absolute atomic E-state index is 0.0119. The van der Waals surface area contributed by atoms with Gasteiger partial charge in [-0.25, -0.2) is 13.2 Å². The zero-order valence-corrected chi connectivity index (χ0v) is 17.0. The number of aliphatic hydroxyl groups is 2. The zero-order chi connectivity index (χ0) is 20.9. The molecule has 28 heavy (non-hydrogen) atoms. The molecule has 0 aliphatic carbocycles. The molecule has 2 aromatic rings. The van der Waals surface area contributed by atoms with Crippen molar-refractivity contribution >= 4 is 27.6 Å². The summed E-state index contributed by atoms with van der Waals surface area (Å²) in [7, 11) is -2.77. The van der Waals surface area contributed by atoms with Crippen molar-refractivity contribution in [3.8, 4) is 0 Å². The minimum atomic E-state index is -4.04. The highest BCUT2D eigenvalue weighted by Crippen LogP contribution is 2.24. The highest BCUT2D eigenvalue weighted by atomic mass is 35.5. The van der Waals surface area contributed by atoms with E-state index in [4.69, 9.17) is 11.6 Å². The van der Waals surface area contributed by atoms with Gasteiger partial charge in [-0.15, -0.1) is 0 Å². The quantitative estimate of drug-likeness (QED) is 0.625. The van der Waals surface area contributed by atoms with Crippen molar-refractivity contribution in [3.63, 3.8) is 0 Å². The Kier molecular flexibility index (Phi) is 7.56. The van der Waals surface area contributed by atoms with Crippen LogP contribution in [0.1, 0.15) is 22.8 Å². The number of nitrogens with zero attached hydrogens (tertiary/aromatic N) is 1. The molecule has 2 rings (SSSR count). The first-order valence-electron chi connectivity index (χ1n) is 8.44. The van der Waals surface area contributed by atoms with Crippen molar-refractivity contribution in [2.75, 3.05) is 13.7 Å². The molecule has 0 saturated heterocycles. The number of aliphatic hydroxyl groups excluding tert-OH is 2. The van der Waals surface area contributed by atoms with Gasteiger partial charge in [-0.05, 0) is 48.9 Å². The van der Waals surface area contributed by atoms with Crippen LogP contribution < -0.4 is 0 Å². The van der Waals surface area contributed by atoms with E-state index in [2.05, 4.69) is 4.74 Å². The van der Waals surface area contributed by atoms with Gasteiger partial charge in [0.05, 0.1) is 36.3 Å². The van der Waals surface area contributed by atoms with E-state index < -0.39 is 34.7 Å². The maximum Gasteiger partial charge on any atom is 0.337 e. The smallest absolute Gasteiger partial charge is 0.337 e. The highest BCUT2D eigenvalue weighted by molar-refractivity contribution is 7.89. The second-order valence-corrected chi connectivity index (χ2v) is 8.51. The standard InChI is InChI=1S/C19H22ClNO6S/c1-13(23)18(12-22)21(28(25,26)17-9-7-16(20)8-10-17)11-14-3-5-15(6-4-14)19(24)27-2/h3-10,13,18,22-23H,11-12H2,1-2H3/t13-,18-/m0/s1. The monoisotopic (exact) mass is 427 g/mol. The number of methoxy groups -OCH3 is 1. The number of benzene rings is 2. The number of esters is 1. The van der Waals surface area contributed by atoms with Gasteiger partial charge in [-0.1, -0.05) is 23.7 Å². The van der Waals surface area contributed by atoms with Crippen molar-refractivity contribution in [3.05, 3.63) is 64.7 Å². The van der Waals surface area contributed by atoms with E-state index in [1.165, 1.54) is 50.4 Å². The van der Waals surface area contributed by atoms with Crippen LogP contribution in [0, 0.1) is 0 Å². The predicted octanol–water partition coefficient (Wildman–Crippen LogP) is 2.06. The Morgan fingerprint density at radius 3 is 2.18 bits per heavy atom. The summed E-state index contributed by atoms with van der Waals surface area (Å²) in [6.45, 7) is 0.735. The Labute approximate surface area is 169 Å². The first kappa shape index (κ1) is 22.3. The van der Waals surface area contributed by atoms with Gasteiger partial charge >= 0.3 is 5.97 Å². The molecule has 0 heterocycles. The van der Waals surface area contributed by atoms with E-state index in [1.54, 1.807) is 12.1 Å². The molecule has 7 nitrogen and oxygen atoms in total. The fraction of sp³-hybridized carbons (Fsp3) is 0.316. The van der Waals surface area contributed by atoms with Gasteiger partial charge < -0.3 is 14.9 Å². The largest absolute Gasteiger partial charge is 0.465 e. The lowest BCUT2D eigenvalue weighted by atomic mass is 10.1. The topological polar surface area (TPSA) is 104 Å².